The van der Waals surface area contributed by atoms with Crippen LogP contribution in [0.15, 0.2) is 36.9 Å². The third-order valence-corrected chi connectivity index (χ3v) is 6.59. The molecule has 30 heavy (non-hydrogen) atoms. The molecule has 0 aliphatic carbocycles. The van der Waals surface area contributed by atoms with E-state index in [0.29, 0.717) is 12.6 Å². The van der Waals surface area contributed by atoms with Crippen LogP contribution in [0.3, 0.4) is 0 Å². The van der Waals surface area contributed by atoms with Gasteiger partial charge in [0.1, 0.15) is 5.82 Å². The van der Waals surface area contributed by atoms with Gasteiger partial charge in [0.2, 0.25) is 5.91 Å². The van der Waals surface area contributed by atoms with E-state index in [1.807, 2.05) is 24.7 Å². The van der Waals surface area contributed by atoms with E-state index in [2.05, 4.69) is 42.6 Å². The van der Waals surface area contributed by atoms with E-state index < -0.39 is 0 Å². The second kappa shape index (κ2) is 10.2. The number of nitrogens with one attached hydrogen (secondary N) is 1. The molecule has 0 unspecified atom stereocenters. The van der Waals surface area contributed by atoms with Crippen LogP contribution in [-0.4, -0.2) is 62.5 Å². The van der Waals surface area contributed by atoms with Gasteiger partial charge < -0.3 is 9.88 Å². The van der Waals surface area contributed by atoms with Gasteiger partial charge in [0.15, 0.2) is 0 Å². The predicted octanol–water partition coefficient (Wildman–Crippen LogP) is 2.29. The number of pyridine rings is 1. The molecule has 0 radical (unpaired) electrons. The Morgan fingerprint density at radius 2 is 2.07 bits per heavy atom. The van der Waals surface area contributed by atoms with Crippen LogP contribution in [0, 0.1) is 5.92 Å². The van der Waals surface area contributed by atoms with Crippen molar-refractivity contribution in [3.63, 3.8) is 0 Å². The van der Waals surface area contributed by atoms with Gasteiger partial charge in [0, 0.05) is 50.5 Å². The molecular formula is C23H34N6O. The molecule has 4 rings (SSSR count). The Morgan fingerprint density at radius 3 is 2.83 bits per heavy atom. The van der Waals surface area contributed by atoms with Gasteiger partial charge in [-0.25, -0.2) is 4.98 Å². The number of carbonyl (C=O) groups excluding carboxylic acids is 1. The number of likely N-dealkylation sites (tertiary alicyclic amines) is 2. The molecular weight excluding hydrogens is 376 g/mol. The second-order valence-electron chi connectivity index (χ2n) is 8.55. The Kier molecular flexibility index (Phi) is 7.12. The van der Waals surface area contributed by atoms with E-state index in [4.69, 9.17) is 0 Å². The maximum absolute atomic E-state index is 12.8. The van der Waals surface area contributed by atoms with Crippen LogP contribution in [0.2, 0.25) is 0 Å². The van der Waals surface area contributed by atoms with Crippen LogP contribution in [0.1, 0.15) is 44.0 Å². The van der Waals surface area contributed by atoms with E-state index >= 15 is 0 Å². The number of aromatic nitrogens is 3. The number of amides is 1. The van der Waals surface area contributed by atoms with E-state index in [-0.39, 0.29) is 11.8 Å². The minimum atomic E-state index is 0.0946. The van der Waals surface area contributed by atoms with Gasteiger partial charge in [0.05, 0.1) is 12.5 Å². The van der Waals surface area contributed by atoms with Crippen molar-refractivity contribution in [2.45, 2.75) is 58.3 Å². The summed E-state index contributed by atoms with van der Waals surface area (Å²) in [5.41, 5.74) is 1.29. The van der Waals surface area contributed by atoms with Crippen molar-refractivity contribution in [1.29, 1.82) is 0 Å². The summed E-state index contributed by atoms with van der Waals surface area (Å²) < 4.78 is 2.08. The first-order valence-electron chi connectivity index (χ1n) is 11.4. The first-order valence-corrected chi connectivity index (χ1v) is 11.4. The Morgan fingerprint density at radius 1 is 1.20 bits per heavy atom. The van der Waals surface area contributed by atoms with E-state index in [1.54, 1.807) is 6.20 Å². The Labute approximate surface area is 179 Å². The van der Waals surface area contributed by atoms with Crippen LogP contribution in [-0.2, 0) is 24.4 Å². The fourth-order valence-corrected chi connectivity index (χ4v) is 4.85. The van der Waals surface area contributed by atoms with Crippen LogP contribution in [0.4, 0.5) is 0 Å². The quantitative estimate of drug-likeness (QED) is 0.759. The van der Waals surface area contributed by atoms with Crippen LogP contribution < -0.4 is 5.32 Å². The molecule has 2 aliphatic rings. The van der Waals surface area contributed by atoms with Crippen LogP contribution >= 0.6 is 0 Å². The minimum absolute atomic E-state index is 0.0946. The number of aryl methyl sites for hydroxylation is 1. The van der Waals surface area contributed by atoms with Crippen molar-refractivity contribution in [3.8, 4) is 0 Å². The van der Waals surface area contributed by atoms with E-state index in [0.717, 1.165) is 57.9 Å². The molecule has 0 saturated carbocycles. The predicted molar refractivity (Wildman–Crippen MR) is 117 cm³/mol. The SMILES string of the molecule is CCn1ccnc1CNC(=O)[C@@H]1CCCN(C2CCN(Cc3cccnc3)CC2)C1. The lowest BCUT2D eigenvalue weighted by Crippen LogP contribution is -2.50. The molecule has 1 N–H and O–H groups in total. The Hall–Kier alpha value is -2.25. The number of nitrogens with zero attached hydrogens (tertiary/aromatic N) is 5. The summed E-state index contributed by atoms with van der Waals surface area (Å²) in [6, 6.07) is 4.76. The highest BCUT2D eigenvalue weighted by atomic mass is 16.1. The molecule has 0 bridgehead atoms. The van der Waals surface area contributed by atoms with Gasteiger partial charge in [-0.2, -0.15) is 0 Å². The lowest BCUT2D eigenvalue weighted by atomic mass is 9.93. The average molecular weight is 411 g/mol. The molecule has 162 valence electrons. The monoisotopic (exact) mass is 410 g/mol. The van der Waals surface area contributed by atoms with Crippen molar-refractivity contribution >= 4 is 5.91 Å². The zero-order valence-corrected chi connectivity index (χ0v) is 18.0. The van der Waals surface area contributed by atoms with Crippen LogP contribution in [0.25, 0.3) is 0 Å². The molecule has 2 aliphatic heterocycles. The molecule has 0 aromatic carbocycles. The van der Waals surface area contributed by atoms with Crippen molar-refractivity contribution in [2.75, 3.05) is 26.2 Å². The maximum Gasteiger partial charge on any atom is 0.224 e. The smallest absolute Gasteiger partial charge is 0.224 e. The van der Waals surface area contributed by atoms with Gasteiger partial charge in [-0.3, -0.25) is 19.6 Å². The summed E-state index contributed by atoms with van der Waals surface area (Å²) in [7, 11) is 0. The molecule has 1 atom stereocenters. The number of piperidine rings is 2. The van der Waals surface area contributed by atoms with Gasteiger partial charge >= 0.3 is 0 Å². The molecule has 1 amide bonds. The Bertz CT molecular complexity index is 799. The summed E-state index contributed by atoms with van der Waals surface area (Å²) in [6.07, 6.45) is 12.0. The molecule has 4 heterocycles. The highest BCUT2D eigenvalue weighted by Gasteiger charge is 2.31. The molecule has 7 nitrogen and oxygen atoms in total. The summed E-state index contributed by atoms with van der Waals surface area (Å²) in [5.74, 6) is 1.20. The van der Waals surface area contributed by atoms with Gasteiger partial charge in [-0.05, 0) is 63.9 Å². The maximum atomic E-state index is 12.8. The van der Waals surface area contributed by atoms with E-state index in [1.165, 1.54) is 18.4 Å². The molecule has 0 spiro atoms. The summed E-state index contributed by atoms with van der Waals surface area (Å²) in [4.78, 5) is 26.5. The number of rotatable bonds is 7. The number of hydrogen-bond acceptors (Lipinski definition) is 5. The summed E-state index contributed by atoms with van der Waals surface area (Å²) >= 11 is 0. The first-order chi connectivity index (χ1) is 14.7. The van der Waals surface area contributed by atoms with Crippen molar-refractivity contribution in [2.24, 2.45) is 5.92 Å². The van der Waals surface area contributed by atoms with Gasteiger partial charge in [-0.15, -0.1) is 0 Å². The zero-order chi connectivity index (χ0) is 20.8. The number of imidazole rings is 1. The second-order valence-corrected chi connectivity index (χ2v) is 8.55. The molecule has 2 saturated heterocycles. The third kappa shape index (κ3) is 5.26. The molecule has 2 fully saturated rings. The number of carbonyl (C=O) groups is 1. The topological polar surface area (TPSA) is 66.3 Å². The van der Waals surface area contributed by atoms with Crippen molar-refractivity contribution in [3.05, 3.63) is 48.3 Å². The summed E-state index contributed by atoms with van der Waals surface area (Å²) in [5, 5.41) is 3.12. The molecule has 7 heteroatoms. The standard InChI is InChI=1S/C23H34N6O/c1-2-28-14-10-25-22(28)16-26-23(30)20-6-4-11-29(18-20)21-7-12-27(13-8-21)17-19-5-3-9-24-15-19/h3,5,9-10,14-15,20-21H,2,4,6-8,11-13,16-18H2,1H3,(H,26,30)/t20-/m1/s1. The minimum Gasteiger partial charge on any atom is -0.349 e. The molecule has 2 aromatic rings. The summed E-state index contributed by atoms with van der Waals surface area (Å²) in [6.45, 7) is 8.72. The van der Waals surface area contributed by atoms with Crippen molar-refractivity contribution in [1.82, 2.24) is 29.7 Å². The highest BCUT2D eigenvalue weighted by molar-refractivity contribution is 5.78. The molecule has 2 aromatic heterocycles. The van der Waals surface area contributed by atoms with Gasteiger partial charge in [0.25, 0.3) is 0 Å². The number of hydrogen-bond donors (Lipinski definition) is 1. The lowest BCUT2D eigenvalue weighted by Gasteiger charge is -2.42. The fourth-order valence-electron chi connectivity index (χ4n) is 4.85. The third-order valence-electron chi connectivity index (χ3n) is 6.59. The average Bonchev–Trinajstić information content (AvgIpc) is 3.26. The lowest BCUT2D eigenvalue weighted by molar-refractivity contribution is -0.127. The Balaban J connectivity index is 1.23. The van der Waals surface area contributed by atoms with Crippen molar-refractivity contribution < 1.29 is 4.79 Å². The van der Waals surface area contributed by atoms with Crippen LogP contribution in [0.5, 0.6) is 0 Å². The largest absolute Gasteiger partial charge is 0.349 e. The fraction of sp³-hybridized carbons (Fsp3) is 0.609. The first kappa shape index (κ1) is 21.0. The van der Waals surface area contributed by atoms with Gasteiger partial charge in [-0.1, -0.05) is 6.07 Å². The van der Waals surface area contributed by atoms with E-state index in [9.17, 15) is 4.79 Å². The highest BCUT2D eigenvalue weighted by Crippen LogP contribution is 2.24. The normalized spacial score (nSPS) is 21.6. The zero-order valence-electron chi connectivity index (χ0n) is 18.0.